The van der Waals surface area contributed by atoms with Gasteiger partial charge in [0.2, 0.25) is 5.91 Å². The van der Waals surface area contributed by atoms with Crippen LogP contribution in [0.2, 0.25) is 10.2 Å². The van der Waals surface area contributed by atoms with Crippen LogP contribution < -0.4 is 5.32 Å². The van der Waals surface area contributed by atoms with E-state index in [1.807, 2.05) is 0 Å². The van der Waals surface area contributed by atoms with E-state index in [9.17, 15) is 4.79 Å². The van der Waals surface area contributed by atoms with Crippen LogP contribution in [-0.2, 0) is 4.79 Å². The van der Waals surface area contributed by atoms with E-state index in [1.165, 1.54) is 12.3 Å². The molecule has 0 aromatic carbocycles. The standard InChI is InChI=1S/C7H6Cl2N2OS/c8-4-1-6(9)10-2-5(4)11-7(12)3-13/h1-2,13H,3H2,(H,11,12). The lowest BCUT2D eigenvalue weighted by atomic mass is 10.4. The molecule has 1 amide bonds. The first-order valence-corrected chi connectivity index (χ1v) is 4.74. The van der Waals surface area contributed by atoms with Gasteiger partial charge in [-0.15, -0.1) is 0 Å². The highest BCUT2D eigenvalue weighted by Gasteiger charge is 2.04. The Morgan fingerprint density at radius 2 is 2.31 bits per heavy atom. The first kappa shape index (κ1) is 10.6. The van der Waals surface area contributed by atoms with Gasteiger partial charge in [0.1, 0.15) is 5.15 Å². The zero-order valence-corrected chi connectivity index (χ0v) is 8.83. The van der Waals surface area contributed by atoms with Crippen LogP contribution in [0.25, 0.3) is 0 Å². The molecule has 0 aliphatic carbocycles. The highest BCUT2D eigenvalue weighted by Crippen LogP contribution is 2.22. The van der Waals surface area contributed by atoms with Crippen LogP contribution >= 0.6 is 35.8 Å². The molecular weight excluding hydrogens is 231 g/mol. The largest absolute Gasteiger partial charge is 0.323 e. The average molecular weight is 237 g/mol. The van der Waals surface area contributed by atoms with Crippen LogP contribution in [0.15, 0.2) is 12.3 Å². The minimum Gasteiger partial charge on any atom is -0.323 e. The van der Waals surface area contributed by atoms with Gasteiger partial charge < -0.3 is 5.32 Å². The normalized spacial score (nSPS) is 9.77. The number of hydrogen-bond acceptors (Lipinski definition) is 3. The van der Waals surface area contributed by atoms with Crippen molar-refractivity contribution in [3.63, 3.8) is 0 Å². The lowest BCUT2D eigenvalue weighted by molar-refractivity contribution is -0.113. The Morgan fingerprint density at radius 1 is 1.62 bits per heavy atom. The number of amides is 1. The second-order valence-electron chi connectivity index (χ2n) is 2.19. The molecule has 13 heavy (non-hydrogen) atoms. The number of nitrogens with zero attached hydrogens (tertiary/aromatic N) is 1. The zero-order valence-electron chi connectivity index (χ0n) is 6.42. The number of aromatic nitrogens is 1. The smallest absolute Gasteiger partial charge is 0.234 e. The molecular formula is C7H6Cl2N2OS. The van der Waals surface area contributed by atoms with Gasteiger partial charge in [-0.1, -0.05) is 23.2 Å². The number of pyridine rings is 1. The Hall–Kier alpha value is -0.450. The fraction of sp³-hybridized carbons (Fsp3) is 0.143. The van der Waals surface area contributed by atoms with Gasteiger partial charge >= 0.3 is 0 Å². The summed E-state index contributed by atoms with van der Waals surface area (Å²) in [5.41, 5.74) is 0.435. The molecule has 0 radical (unpaired) electrons. The van der Waals surface area contributed by atoms with E-state index >= 15 is 0 Å². The van der Waals surface area contributed by atoms with Crippen molar-refractivity contribution < 1.29 is 4.79 Å². The third-order valence-electron chi connectivity index (χ3n) is 1.24. The molecule has 70 valence electrons. The number of halogens is 2. The van der Waals surface area contributed by atoms with Gasteiger partial charge in [0.25, 0.3) is 0 Å². The molecule has 1 rings (SSSR count). The van der Waals surface area contributed by atoms with Gasteiger partial charge in [0.15, 0.2) is 0 Å². The van der Waals surface area contributed by atoms with Crippen LogP contribution in [-0.4, -0.2) is 16.6 Å². The van der Waals surface area contributed by atoms with Crippen molar-refractivity contribution >= 4 is 47.4 Å². The molecule has 0 spiro atoms. The van der Waals surface area contributed by atoms with Crippen LogP contribution in [0, 0.1) is 0 Å². The first-order valence-electron chi connectivity index (χ1n) is 3.35. The summed E-state index contributed by atoms with van der Waals surface area (Å²) in [6, 6.07) is 1.46. The van der Waals surface area contributed by atoms with Crippen LogP contribution in [0.4, 0.5) is 5.69 Å². The van der Waals surface area contributed by atoms with Crippen LogP contribution in [0.3, 0.4) is 0 Å². The molecule has 0 aliphatic heterocycles. The van der Waals surface area contributed by atoms with E-state index in [1.54, 1.807) is 0 Å². The molecule has 0 fully saturated rings. The number of carbonyl (C=O) groups excluding carboxylic acids is 1. The molecule has 0 unspecified atom stereocenters. The number of carbonyl (C=O) groups is 1. The molecule has 1 aromatic rings. The number of anilines is 1. The Kier molecular flexibility index (Phi) is 3.84. The molecule has 0 saturated heterocycles. The van der Waals surface area contributed by atoms with Crippen LogP contribution in [0.5, 0.6) is 0 Å². The number of rotatable bonds is 2. The molecule has 3 nitrogen and oxygen atoms in total. The summed E-state index contributed by atoms with van der Waals surface area (Å²) >= 11 is 15.1. The highest BCUT2D eigenvalue weighted by atomic mass is 35.5. The summed E-state index contributed by atoms with van der Waals surface area (Å²) in [6.45, 7) is 0. The van der Waals surface area contributed by atoms with Crippen molar-refractivity contribution in [2.24, 2.45) is 0 Å². The second kappa shape index (κ2) is 4.69. The monoisotopic (exact) mass is 236 g/mol. The van der Waals surface area contributed by atoms with Crippen molar-refractivity contribution in [1.29, 1.82) is 0 Å². The number of nitrogens with one attached hydrogen (secondary N) is 1. The fourth-order valence-corrected chi connectivity index (χ4v) is 1.18. The van der Waals surface area contributed by atoms with Crippen molar-refractivity contribution in [3.05, 3.63) is 22.4 Å². The predicted octanol–water partition coefficient (Wildman–Crippen LogP) is 2.26. The van der Waals surface area contributed by atoms with Crippen molar-refractivity contribution in [2.45, 2.75) is 0 Å². The Bertz CT molecular complexity index is 332. The summed E-state index contributed by atoms with van der Waals surface area (Å²) < 4.78 is 0. The first-order chi connectivity index (χ1) is 6.13. The maximum atomic E-state index is 10.9. The summed E-state index contributed by atoms with van der Waals surface area (Å²) in [5.74, 6) is -0.145. The minimum atomic E-state index is -0.241. The van der Waals surface area contributed by atoms with Gasteiger partial charge in [-0.05, 0) is 6.07 Å². The molecule has 0 bridgehead atoms. The van der Waals surface area contributed by atoms with E-state index in [4.69, 9.17) is 23.2 Å². The number of thiol groups is 1. The van der Waals surface area contributed by atoms with Crippen LogP contribution in [0.1, 0.15) is 0 Å². The van der Waals surface area contributed by atoms with E-state index < -0.39 is 0 Å². The zero-order chi connectivity index (χ0) is 9.84. The molecule has 1 aromatic heterocycles. The molecule has 0 saturated carbocycles. The highest BCUT2D eigenvalue weighted by molar-refractivity contribution is 7.81. The Morgan fingerprint density at radius 3 is 2.85 bits per heavy atom. The van der Waals surface area contributed by atoms with E-state index in [-0.39, 0.29) is 16.8 Å². The average Bonchev–Trinajstić information content (AvgIpc) is 2.09. The molecule has 1 heterocycles. The molecule has 0 atom stereocenters. The second-order valence-corrected chi connectivity index (χ2v) is 3.30. The predicted molar refractivity (Wildman–Crippen MR) is 56.7 cm³/mol. The fourth-order valence-electron chi connectivity index (χ4n) is 0.689. The molecule has 1 N–H and O–H groups in total. The van der Waals surface area contributed by atoms with Gasteiger partial charge in [-0.2, -0.15) is 12.6 Å². The topological polar surface area (TPSA) is 42.0 Å². The molecule has 0 aliphatic rings. The SMILES string of the molecule is O=C(CS)Nc1cnc(Cl)cc1Cl. The third kappa shape index (κ3) is 3.06. The van der Waals surface area contributed by atoms with Gasteiger partial charge in [-0.25, -0.2) is 4.98 Å². The van der Waals surface area contributed by atoms with Crippen molar-refractivity contribution in [2.75, 3.05) is 11.1 Å². The Balaban J connectivity index is 2.83. The van der Waals surface area contributed by atoms with Crippen molar-refractivity contribution in [3.8, 4) is 0 Å². The van der Waals surface area contributed by atoms with Gasteiger partial charge in [-0.3, -0.25) is 4.79 Å². The quantitative estimate of drug-likeness (QED) is 0.611. The van der Waals surface area contributed by atoms with E-state index in [0.29, 0.717) is 10.7 Å². The summed E-state index contributed by atoms with van der Waals surface area (Å²) in [5, 5.41) is 3.16. The number of hydrogen-bond donors (Lipinski definition) is 2. The summed E-state index contributed by atoms with van der Waals surface area (Å²) in [4.78, 5) is 14.7. The van der Waals surface area contributed by atoms with Crippen molar-refractivity contribution in [1.82, 2.24) is 4.98 Å². The van der Waals surface area contributed by atoms with E-state index in [2.05, 4.69) is 22.9 Å². The summed E-state index contributed by atoms with van der Waals surface area (Å²) in [7, 11) is 0. The maximum absolute atomic E-state index is 10.9. The Labute approximate surface area is 90.9 Å². The lowest BCUT2D eigenvalue weighted by Gasteiger charge is -2.04. The van der Waals surface area contributed by atoms with Gasteiger partial charge in [0.05, 0.1) is 22.7 Å². The lowest BCUT2D eigenvalue weighted by Crippen LogP contribution is -2.13. The van der Waals surface area contributed by atoms with Gasteiger partial charge in [0, 0.05) is 0 Å². The maximum Gasteiger partial charge on any atom is 0.234 e. The minimum absolute atomic E-state index is 0.0962. The molecule has 6 heteroatoms. The van der Waals surface area contributed by atoms with E-state index in [0.717, 1.165) is 0 Å². The third-order valence-corrected chi connectivity index (χ3v) is 2.04. The summed E-state index contributed by atoms with van der Waals surface area (Å²) in [6.07, 6.45) is 1.39.